The summed E-state index contributed by atoms with van der Waals surface area (Å²) in [5, 5.41) is 8.10. The van der Waals surface area contributed by atoms with Crippen LogP contribution in [0.3, 0.4) is 0 Å². The maximum Gasteiger partial charge on any atom is 0.0632 e. The van der Waals surface area contributed by atoms with Gasteiger partial charge in [0, 0.05) is 18.3 Å². The van der Waals surface area contributed by atoms with Gasteiger partial charge in [0.1, 0.15) is 0 Å². The monoisotopic (exact) mass is 233 g/mol. The van der Waals surface area contributed by atoms with Gasteiger partial charge in [0.25, 0.3) is 0 Å². The van der Waals surface area contributed by atoms with Gasteiger partial charge in [-0.05, 0) is 37.3 Å². The summed E-state index contributed by atoms with van der Waals surface area (Å²) in [5.74, 6) is 0. The number of nitrogens with zero attached hydrogens (tertiary/aromatic N) is 2. The lowest BCUT2D eigenvalue weighted by Crippen LogP contribution is -2.21. The molecule has 0 radical (unpaired) electrons. The summed E-state index contributed by atoms with van der Waals surface area (Å²) >= 11 is 0. The van der Waals surface area contributed by atoms with Gasteiger partial charge in [0.05, 0.1) is 12.2 Å². The van der Waals surface area contributed by atoms with Crippen LogP contribution in [0.1, 0.15) is 38.1 Å². The van der Waals surface area contributed by atoms with Crippen molar-refractivity contribution in [1.82, 2.24) is 15.1 Å². The van der Waals surface area contributed by atoms with Gasteiger partial charge in [0.2, 0.25) is 0 Å². The van der Waals surface area contributed by atoms with Crippen LogP contribution < -0.4 is 5.32 Å². The van der Waals surface area contributed by atoms with Crippen molar-refractivity contribution < 1.29 is 0 Å². The Morgan fingerprint density at radius 3 is 2.82 bits per heavy atom. The van der Waals surface area contributed by atoms with E-state index < -0.39 is 0 Å². The smallest absolute Gasteiger partial charge is 0.0632 e. The molecule has 1 aliphatic carbocycles. The molecule has 3 nitrogen and oxygen atoms in total. The van der Waals surface area contributed by atoms with E-state index in [2.05, 4.69) is 41.6 Å². The number of hydrogen-bond donors (Lipinski definition) is 1. The summed E-state index contributed by atoms with van der Waals surface area (Å²) in [6.07, 6.45) is 4.70. The van der Waals surface area contributed by atoms with Gasteiger partial charge in [-0.25, -0.2) is 0 Å². The second-order valence-corrected chi connectivity index (χ2v) is 4.90. The molecule has 0 atom stereocenters. The van der Waals surface area contributed by atoms with Crippen molar-refractivity contribution in [3.05, 3.63) is 29.6 Å². The minimum absolute atomic E-state index is 0.751. The summed E-state index contributed by atoms with van der Waals surface area (Å²) in [6.45, 7) is 10.2. The van der Waals surface area contributed by atoms with Crippen LogP contribution in [0.15, 0.2) is 18.2 Å². The number of hydrogen-bond acceptors (Lipinski definition) is 2. The van der Waals surface area contributed by atoms with Crippen LogP contribution in [-0.4, -0.2) is 22.4 Å². The van der Waals surface area contributed by atoms with Crippen molar-refractivity contribution in [2.75, 3.05) is 6.54 Å². The molecule has 17 heavy (non-hydrogen) atoms. The molecule has 0 amide bonds. The zero-order valence-electron chi connectivity index (χ0n) is 11.0. The van der Waals surface area contributed by atoms with E-state index in [1.807, 2.05) is 0 Å². The standard InChI is InChI=1S/C14H23N3/c1-4-12-8-14(5-2)17(16-12)10-11(3)9-15-13-6-7-13/h8,13,15H,3-7,9-10H2,1-2H3. The minimum atomic E-state index is 0.751. The Hall–Kier alpha value is -1.09. The Labute approximate surface area is 104 Å². The molecular formula is C14H23N3. The highest BCUT2D eigenvalue weighted by molar-refractivity contribution is 5.12. The molecule has 2 rings (SSSR count). The second-order valence-electron chi connectivity index (χ2n) is 4.90. The molecule has 3 heteroatoms. The normalized spacial score (nSPS) is 15.2. The molecule has 1 fully saturated rings. The van der Waals surface area contributed by atoms with Crippen LogP contribution in [0, 0.1) is 0 Å². The van der Waals surface area contributed by atoms with Crippen molar-refractivity contribution in [2.24, 2.45) is 0 Å². The minimum Gasteiger partial charge on any atom is -0.310 e. The fourth-order valence-corrected chi connectivity index (χ4v) is 1.95. The molecule has 1 saturated carbocycles. The van der Waals surface area contributed by atoms with Gasteiger partial charge in [0.15, 0.2) is 0 Å². The molecule has 1 aromatic heterocycles. The zero-order valence-corrected chi connectivity index (χ0v) is 11.0. The van der Waals surface area contributed by atoms with Gasteiger partial charge in [-0.3, -0.25) is 4.68 Å². The van der Waals surface area contributed by atoms with Gasteiger partial charge < -0.3 is 5.32 Å². The Balaban J connectivity index is 1.91. The third kappa shape index (κ3) is 3.43. The molecule has 94 valence electrons. The Morgan fingerprint density at radius 1 is 1.47 bits per heavy atom. The molecule has 0 spiro atoms. The van der Waals surface area contributed by atoms with Crippen molar-refractivity contribution >= 4 is 0 Å². The van der Waals surface area contributed by atoms with E-state index in [1.165, 1.54) is 29.8 Å². The van der Waals surface area contributed by atoms with Gasteiger partial charge in [-0.15, -0.1) is 0 Å². The maximum absolute atomic E-state index is 4.61. The Bertz CT molecular complexity index is 388. The number of rotatable bonds is 7. The molecule has 1 aliphatic rings. The predicted molar refractivity (Wildman–Crippen MR) is 71.1 cm³/mol. The molecule has 0 saturated heterocycles. The van der Waals surface area contributed by atoms with Gasteiger partial charge in [-0.1, -0.05) is 20.4 Å². The van der Waals surface area contributed by atoms with Crippen molar-refractivity contribution in [3.8, 4) is 0 Å². The first-order chi connectivity index (χ1) is 8.22. The highest BCUT2D eigenvalue weighted by Crippen LogP contribution is 2.18. The molecule has 1 N–H and O–H groups in total. The maximum atomic E-state index is 4.61. The van der Waals surface area contributed by atoms with Crippen molar-refractivity contribution in [3.63, 3.8) is 0 Å². The van der Waals surface area contributed by atoms with Crippen LogP contribution in [-0.2, 0) is 19.4 Å². The molecule has 0 aromatic carbocycles. The van der Waals surface area contributed by atoms with Crippen LogP contribution >= 0.6 is 0 Å². The number of aromatic nitrogens is 2. The molecule has 1 heterocycles. The SMILES string of the molecule is C=C(CNC1CC1)Cn1nc(CC)cc1CC. The largest absolute Gasteiger partial charge is 0.310 e. The average Bonchev–Trinajstić information content (AvgIpc) is 3.08. The summed E-state index contributed by atoms with van der Waals surface area (Å²) in [6, 6.07) is 2.96. The van der Waals surface area contributed by atoms with Crippen molar-refractivity contribution in [2.45, 2.75) is 52.1 Å². The first-order valence-electron chi connectivity index (χ1n) is 6.68. The van der Waals surface area contributed by atoms with E-state index in [0.29, 0.717) is 0 Å². The molecule has 0 aliphatic heterocycles. The first kappa shape index (κ1) is 12.4. The van der Waals surface area contributed by atoms with E-state index in [9.17, 15) is 0 Å². The molecule has 1 aromatic rings. The van der Waals surface area contributed by atoms with Crippen molar-refractivity contribution in [1.29, 1.82) is 0 Å². The van der Waals surface area contributed by atoms with Gasteiger partial charge in [-0.2, -0.15) is 5.10 Å². The summed E-state index contributed by atoms with van der Waals surface area (Å²) in [4.78, 5) is 0. The molecular weight excluding hydrogens is 210 g/mol. The predicted octanol–water partition coefficient (Wildman–Crippen LogP) is 2.32. The lowest BCUT2D eigenvalue weighted by molar-refractivity contribution is 0.606. The zero-order chi connectivity index (χ0) is 12.3. The summed E-state index contributed by atoms with van der Waals surface area (Å²) < 4.78 is 2.11. The van der Waals surface area contributed by atoms with E-state index >= 15 is 0 Å². The van der Waals surface area contributed by atoms with Crippen LogP contribution in [0.4, 0.5) is 0 Å². The van der Waals surface area contributed by atoms with Gasteiger partial charge >= 0.3 is 0 Å². The fourth-order valence-electron chi connectivity index (χ4n) is 1.95. The Morgan fingerprint density at radius 2 is 2.24 bits per heavy atom. The first-order valence-corrected chi connectivity index (χ1v) is 6.68. The topological polar surface area (TPSA) is 29.9 Å². The lowest BCUT2D eigenvalue weighted by atomic mass is 10.2. The number of aryl methyl sites for hydroxylation is 2. The average molecular weight is 233 g/mol. The van der Waals surface area contributed by atoms with Crippen LogP contribution in [0.2, 0.25) is 0 Å². The summed E-state index contributed by atoms with van der Waals surface area (Å²) in [7, 11) is 0. The Kier molecular flexibility index (Phi) is 4.00. The molecule has 0 unspecified atom stereocenters. The van der Waals surface area contributed by atoms with E-state index in [4.69, 9.17) is 0 Å². The highest BCUT2D eigenvalue weighted by atomic mass is 15.3. The second kappa shape index (κ2) is 5.50. The quantitative estimate of drug-likeness (QED) is 0.732. The number of nitrogens with one attached hydrogen (secondary N) is 1. The molecule has 0 bridgehead atoms. The highest BCUT2D eigenvalue weighted by Gasteiger charge is 2.20. The third-order valence-corrected chi connectivity index (χ3v) is 3.23. The lowest BCUT2D eigenvalue weighted by Gasteiger charge is -2.09. The van der Waals surface area contributed by atoms with Crippen LogP contribution in [0.25, 0.3) is 0 Å². The fraction of sp³-hybridized carbons (Fsp3) is 0.643. The van der Waals surface area contributed by atoms with E-state index in [0.717, 1.165) is 32.0 Å². The van der Waals surface area contributed by atoms with Crippen LogP contribution in [0.5, 0.6) is 0 Å². The van der Waals surface area contributed by atoms with E-state index in [1.54, 1.807) is 0 Å². The summed E-state index contributed by atoms with van der Waals surface area (Å²) in [5.41, 5.74) is 3.72. The third-order valence-electron chi connectivity index (χ3n) is 3.23. The van der Waals surface area contributed by atoms with E-state index in [-0.39, 0.29) is 0 Å².